The van der Waals surface area contributed by atoms with E-state index in [1.165, 1.54) is 17.7 Å². The standard InChI is InChI=1S/C16H13FN2/c1-11-6-13-4-2-3-5-16(13)19(11)15-8-12(10-18)7-14(17)9-15/h2-5,7-9,11H,6H2,1H3. The van der Waals surface area contributed by atoms with Gasteiger partial charge in [-0.15, -0.1) is 0 Å². The van der Waals surface area contributed by atoms with E-state index in [1.54, 1.807) is 6.07 Å². The first-order valence-corrected chi connectivity index (χ1v) is 6.27. The monoisotopic (exact) mass is 252 g/mol. The fourth-order valence-corrected chi connectivity index (χ4v) is 2.74. The van der Waals surface area contributed by atoms with E-state index < -0.39 is 0 Å². The number of hydrogen-bond acceptors (Lipinski definition) is 2. The highest BCUT2D eigenvalue weighted by Crippen LogP contribution is 2.38. The molecule has 0 radical (unpaired) electrons. The van der Waals surface area contributed by atoms with Crippen molar-refractivity contribution in [3.63, 3.8) is 0 Å². The van der Waals surface area contributed by atoms with Gasteiger partial charge in [0, 0.05) is 17.4 Å². The molecule has 0 fully saturated rings. The zero-order valence-electron chi connectivity index (χ0n) is 10.6. The Bertz CT molecular complexity index is 673. The Hall–Kier alpha value is -2.34. The SMILES string of the molecule is CC1Cc2ccccc2N1c1cc(F)cc(C#N)c1. The highest BCUT2D eigenvalue weighted by atomic mass is 19.1. The molecule has 1 heterocycles. The van der Waals surface area contributed by atoms with Crippen molar-refractivity contribution in [2.75, 3.05) is 4.90 Å². The van der Waals surface area contributed by atoms with Crippen LogP contribution in [0.25, 0.3) is 0 Å². The summed E-state index contributed by atoms with van der Waals surface area (Å²) in [6.07, 6.45) is 0.939. The van der Waals surface area contributed by atoms with Crippen LogP contribution in [0.4, 0.5) is 15.8 Å². The van der Waals surface area contributed by atoms with Gasteiger partial charge in [-0.3, -0.25) is 0 Å². The van der Waals surface area contributed by atoms with E-state index in [9.17, 15) is 4.39 Å². The first-order valence-electron chi connectivity index (χ1n) is 6.27. The van der Waals surface area contributed by atoms with Crippen LogP contribution in [0.15, 0.2) is 42.5 Å². The van der Waals surface area contributed by atoms with Crippen molar-refractivity contribution in [3.05, 3.63) is 59.4 Å². The van der Waals surface area contributed by atoms with Crippen molar-refractivity contribution in [1.82, 2.24) is 0 Å². The van der Waals surface area contributed by atoms with Gasteiger partial charge in [0.2, 0.25) is 0 Å². The molecular formula is C16H13FN2. The second-order valence-corrected chi connectivity index (χ2v) is 4.86. The molecule has 19 heavy (non-hydrogen) atoms. The Kier molecular flexibility index (Phi) is 2.72. The van der Waals surface area contributed by atoms with Crippen molar-refractivity contribution in [2.24, 2.45) is 0 Å². The normalized spacial score (nSPS) is 17.1. The van der Waals surface area contributed by atoms with Crippen LogP contribution in [-0.4, -0.2) is 6.04 Å². The molecule has 0 aliphatic carbocycles. The minimum atomic E-state index is -0.370. The second-order valence-electron chi connectivity index (χ2n) is 4.86. The van der Waals surface area contributed by atoms with E-state index in [2.05, 4.69) is 17.9 Å². The molecule has 0 amide bonds. The molecule has 0 saturated heterocycles. The van der Waals surface area contributed by atoms with Crippen LogP contribution < -0.4 is 4.90 Å². The second kappa shape index (κ2) is 4.40. The average Bonchev–Trinajstić information content (AvgIpc) is 2.73. The molecule has 0 aromatic heterocycles. The molecule has 0 N–H and O–H groups in total. The summed E-state index contributed by atoms with van der Waals surface area (Å²) in [6, 6.07) is 14.9. The lowest BCUT2D eigenvalue weighted by Gasteiger charge is -2.25. The number of nitrogens with zero attached hydrogens (tertiary/aromatic N) is 2. The van der Waals surface area contributed by atoms with E-state index in [4.69, 9.17) is 5.26 Å². The molecule has 1 aliphatic heterocycles. The number of para-hydroxylation sites is 1. The summed E-state index contributed by atoms with van der Waals surface area (Å²) in [4.78, 5) is 2.10. The van der Waals surface area contributed by atoms with Crippen molar-refractivity contribution >= 4 is 11.4 Å². The predicted octanol–water partition coefficient (Wildman–Crippen LogP) is 3.78. The van der Waals surface area contributed by atoms with Crippen molar-refractivity contribution in [1.29, 1.82) is 5.26 Å². The molecular weight excluding hydrogens is 239 g/mol. The lowest BCUT2D eigenvalue weighted by atomic mass is 10.1. The van der Waals surface area contributed by atoms with Gasteiger partial charge in [0.1, 0.15) is 5.82 Å². The Labute approximate surface area is 111 Å². The Morgan fingerprint density at radius 1 is 1.26 bits per heavy atom. The molecule has 2 aromatic carbocycles. The van der Waals surface area contributed by atoms with Crippen LogP contribution in [0.5, 0.6) is 0 Å². The van der Waals surface area contributed by atoms with Crippen LogP contribution in [0.2, 0.25) is 0 Å². The van der Waals surface area contributed by atoms with Gasteiger partial charge in [-0.2, -0.15) is 5.26 Å². The van der Waals surface area contributed by atoms with Gasteiger partial charge < -0.3 is 4.90 Å². The van der Waals surface area contributed by atoms with E-state index in [0.717, 1.165) is 17.8 Å². The fraction of sp³-hybridized carbons (Fsp3) is 0.188. The van der Waals surface area contributed by atoms with Crippen molar-refractivity contribution in [2.45, 2.75) is 19.4 Å². The summed E-state index contributed by atoms with van der Waals surface area (Å²) in [5.74, 6) is -0.370. The molecule has 0 bridgehead atoms. The summed E-state index contributed by atoms with van der Waals surface area (Å²) >= 11 is 0. The molecule has 2 nitrogen and oxygen atoms in total. The Morgan fingerprint density at radius 2 is 2.05 bits per heavy atom. The minimum Gasteiger partial charge on any atom is -0.338 e. The Balaban J connectivity index is 2.12. The molecule has 2 aromatic rings. The summed E-state index contributed by atoms with van der Waals surface area (Å²) in [6.45, 7) is 2.11. The lowest BCUT2D eigenvalue weighted by Crippen LogP contribution is -2.24. The van der Waals surface area contributed by atoms with E-state index >= 15 is 0 Å². The van der Waals surface area contributed by atoms with Gasteiger partial charge in [-0.25, -0.2) is 4.39 Å². The van der Waals surface area contributed by atoms with Gasteiger partial charge in [0.05, 0.1) is 11.6 Å². The third-order valence-corrected chi connectivity index (χ3v) is 3.50. The molecule has 1 atom stereocenters. The van der Waals surface area contributed by atoms with Gasteiger partial charge in [-0.05, 0) is 43.2 Å². The minimum absolute atomic E-state index is 0.269. The van der Waals surface area contributed by atoms with Crippen LogP contribution in [0.1, 0.15) is 18.1 Å². The predicted molar refractivity (Wildman–Crippen MR) is 72.9 cm³/mol. The third kappa shape index (κ3) is 1.96. The maximum absolute atomic E-state index is 13.6. The van der Waals surface area contributed by atoms with Gasteiger partial charge >= 0.3 is 0 Å². The van der Waals surface area contributed by atoms with Crippen LogP contribution in [-0.2, 0) is 6.42 Å². The van der Waals surface area contributed by atoms with Gasteiger partial charge in [-0.1, -0.05) is 18.2 Å². The number of benzene rings is 2. The number of halogens is 1. The maximum Gasteiger partial charge on any atom is 0.126 e. The van der Waals surface area contributed by atoms with Crippen LogP contribution in [0.3, 0.4) is 0 Å². The average molecular weight is 252 g/mol. The fourth-order valence-electron chi connectivity index (χ4n) is 2.74. The number of nitriles is 1. The summed E-state index contributed by atoms with van der Waals surface area (Å²) in [5.41, 5.74) is 3.46. The van der Waals surface area contributed by atoms with Crippen molar-refractivity contribution < 1.29 is 4.39 Å². The molecule has 94 valence electrons. The van der Waals surface area contributed by atoms with Gasteiger partial charge in [0.25, 0.3) is 0 Å². The number of fused-ring (bicyclic) bond motifs is 1. The first-order chi connectivity index (χ1) is 9.19. The van der Waals surface area contributed by atoms with Crippen LogP contribution >= 0.6 is 0 Å². The summed E-state index contributed by atoms with van der Waals surface area (Å²) in [5, 5.41) is 8.96. The zero-order chi connectivity index (χ0) is 13.4. The highest BCUT2D eigenvalue weighted by molar-refractivity contribution is 5.71. The first kappa shape index (κ1) is 11.7. The number of rotatable bonds is 1. The van der Waals surface area contributed by atoms with Crippen LogP contribution in [0, 0.1) is 17.1 Å². The quantitative estimate of drug-likeness (QED) is 0.772. The maximum atomic E-state index is 13.6. The molecule has 1 unspecified atom stereocenters. The van der Waals surface area contributed by atoms with Gasteiger partial charge in [0.15, 0.2) is 0 Å². The molecule has 0 spiro atoms. The third-order valence-electron chi connectivity index (χ3n) is 3.50. The molecule has 1 aliphatic rings. The van der Waals surface area contributed by atoms with E-state index in [0.29, 0.717) is 5.56 Å². The van der Waals surface area contributed by atoms with E-state index in [1.807, 2.05) is 24.3 Å². The smallest absolute Gasteiger partial charge is 0.126 e. The topological polar surface area (TPSA) is 27.0 Å². The Morgan fingerprint density at radius 3 is 2.84 bits per heavy atom. The van der Waals surface area contributed by atoms with Crippen molar-refractivity contribution in [3.8, 4) is 6.07 Å². The molecule has 3 heteroatoms. The molecule has 0 saturated carbocycles. The lowest BCUT2D eigenvalue weighted by molar-refractivity contribution is 0.626. The highest BCUT2D eigenvalue weighted by Gasteiger charge is 2.27. The van der Waals surface area contributed by atoms with E-state index in [-0.39, 0.29) is 11.9 Å². The molecule has 3 rings (SSSR count). The number of hydrogen-bond donors (Lipinski definition) is 0. The zero-order valence-corrected chi connectivity index (χ0v) is 10.6. The summed E-state index contributed by atoms with van der Waals surface area (Å²) in [7, 11) is 0. The number of anilines is 2. The summed E-state index contributed by atoms with van der Waals surface area (Å²) < 4.78 is 13.6. The largest absolute Gasteiger partial charge is 0.338 e.